The molecule has 25 heavy (non-hydrogen) atoms. The number of fused-ring (bicyclic) bond motifs is 1. The van der Waals surface area contributed by atoms with Gasteiger partial charge in [0.1, 0.15) is 5.57 Å². The molecule has 8 heteroatoms. The van der Waals surface area contributed by atoms with Gasteiger partial charge in [-0.1, -0.05) is 47.3 Å². The number of nitrogens with zero attached hydrogens (tertiary/aromatic N) is 2. The highest BCUT2D eigenvalue weighted by atomic mass is 35.5. The summed E-state index contributed by atoms with van der Waals surface area (Å²) in [7, 11) is 3.06. The van der Waals surface area contributed by atoms with E-state index in [1.165, 1.54) is 39.8 Å². The summed E-state index contributed by atoms with van der Waals surface area (Å²) in [5.41, 5.74) is -0.00624. The molecular weight excluding hydrogens is 396 g/mol. The van der Waals surface area contributed by atoms with E-state index >= 15 is 0 Å². The first-order valence-electron chi connectivity index (χ1n) is 7.22. The van der Waals surface area contributed by atoms with Crippen molar-refractivity contribution in [3.8, 4) is 0 Å². The molecule has 1 aromatic carbocycles. The lowest BCUT2D eigenvalue weighted by atomic mass is 10.1. The van der Waals surface area contributed by atoms with Crippen molar-refractivity contribution < 1.29 is 9.59 Å². The van der Waals surface area contributed by atoms with Gasteiger partial charge < -0.3 is 0 Å². The molecule has 1 saturated heterocycles. The number of hydrogen-bond donors (Lipinski definition) is 0. The number of benzene rings is 1. The van der Waals surface area contributed by atoms with Crippen LogP contribution >= 0.6 is 47.3 Å². The van der Waals surface area contributed by atoms with Gasteiger partial charge in [-0.2, -0.15) is 0 Å². The molecular formula is C17H13ClN2O2S3. The maximum Gasteiger partial charge on any atom is 0.265 e. The van der Waals surface area contributed by atoms with Crippen LogP contribution in [0.4, 0.5) is 0 Å². The first-order chi connectivity index (χ1) is 11.9. The number of likely N-dealkylation sites (N-methyl/N-ethyl adjacent to an activating group) is 2. The number of rotatable bonds is 2. The molecule has 0 aromatic heterocycles. The third-order valence-corrected chi connectivity index (χ3v) is 6.81. The van der Waals surface area contributed by atoms with Crippen molar-refractivity contribution in [1.29, 1.82) is 0 Å². The van der Waals surface area contributed by atoms with E-state index in [4.69, 9.17) is 23.8 Å². The molecule has 0 bridgehead atoms. The third kappa shape index (κ3) is 3.69. The molecule has 0 spiro atoms. The van der Waals surface area contributed by atoms with Crippen LogP contribution in [0.1, 0.15) is 0 Å². The van der Waals surface area contributed by atoms with Crippen molar-refractivity contribution >= 4 is 64.3 Å². The summed E-state index contributed by atoms with van der Waals surface area (Å²) in [6, 6.07) is 8.13. The minimum absolute atomic E-state index is 0.00624. The molecule has 0 N–H and O–H groups in total. The molecule has 0 saturated carbocycles. The van der Waals surface area contributed by atoms with Gasteiger partial charge in [0.25, 0.3) is 11.8 Å². The van der Waals surface area contributed by atoms with Gasteiger partial charge in [0.15, 0.2) is 5.11 Å². The molecule has 1 aromatic rings. The van der Waals surface area contributed by atoms with Crippen LogP contribution in [-0.2, 0) is 9.59 Å². The highest BCUT2D eigenvalue weighted by Gasteiger charge is 2.35. The Hall–Kier alpha value is -1.54. The molecule has 2 aliphatic heterocycles. The van der Waals surface area contributed by atoms with Gasteiger partial charge in [-0.15, -0.1) is 0 Å². The summed E-state index contributed by atoms with van der Waals surface area (Å²) < 4.78 is 1.08. The van der Waals surface area contributed by atoms with Gasteiger partial charge in [0, 0.05) is 33.2 Å². The predicted molar refractivity (Wildman–Crippen MR) is 106 cm³/mol. The van der Waals surface area contributed by atoms with Gasteiger partial charge in [0.05, 0.1) is 0 Å². The predicted octanol–water partition coefficient (Wildman–Crippen LogP) is 3.99. The lowest BCUT2D eigenvalue weighted by molar-refractivity contribution is -0.132. The maximum atomic E-state index is 12.2. The van der Waals surface area contributed by atoms with E-state index < -0.39 is 11.8 Å². The third-order valence-electron chi connectivity index (χ3n) is 3.58. The minimum Gasteiger partial charge on any atom is -0.288 e. The van der Waals surface area contributed by atoms with Crippen molar-refractivity contribution in [2.45, 2.75) is 9.79 Å². The van der Waals surface area contributed by atoms with Gasteiger partial charge in [-0.3, -0.25) is 19.4 Å². The van der Waals surface area contributed by atoms with Gasteiger partial charge >= 0.3 is 0 Å². The van der Waals surface area contributed by atoms with E-state index in [2.05, 4.69) is 12.1 Å². The molecule has 0 radical (unpaired) electrons. The zero-order valence-electron chi connectivity index (χ0n) is 13.4. The quantitative estimate of drug-likeness (QED) is 0.420. The molecule has 0 atom stereocenters. The van der Waals surface area contributed by atoms with E-state index in [1.54, 1.807) is 29.6 Å². The fourth-order valence-electron chi connectivity index (χ4n) is 2.23. The van der Waals surface area contributed by atoms with Crippen LogP contribution in [0, 0.1) is 0 Å². The number of halogens is 1. The number of thiocarbonyl (C=S) groups is 1. The summed E-state index contributed by atoms with van der Waals surface area (Å²) >= 11 is 14.6. The molecule has 2 aliphatic rings. The Balaban J connectivity index is 1.80. The fraction of sp³-hybridized carbons (Fsp3) is 0.118. The Morgan fingerprint density at radius 1 is 1.08 bits per heavy atom. The van der Waals surface area contributed by atoms with Crippen LogP contribution < -0.4 is 0 Å². The second kappa shape index (κ2) is 7.37. The van der Waals surface area contributed by atoms with Crippen LogP contribution in [0.2, 0.25) is 0 Å². The van der Waals surface area contributed by atoms with Crippen molar-refractivity contribution in [1.82, 2.24) is 9.80 Å². The van der Waals surface area contributed by atoms with E-state index in [9.17, 15) is 9.59 Å². The van der Waals surface area contributed by atoms with Crippen molar-refractivity contribution in [2.24, 2.45) is 0 Å². The zero-order valence-corrected chi connectivity index (χ0v) is 16.6. The second-order valence-corrected chi connectivity index (χ2v) is 8.48. The largest absolute Gasteiger partial charge is 0.288 e. The first kappa shape index (κ1) is 18.3. The monoisotopic (exact) mass is 408 g/mol. The lowest BCUT2D eigenvalue weighted by Gasteiger charge is -2.31. The molecule has 2 amide bonds. The number of hydrogen-bond acceptors (Lipinski definition) is 5. The average Bonchev–Trinajstić information content (AvgIpc) is 3.03. The second-order valence-electron chi connectivity index (χ2n) is 5.26. The van der Waals surface area contributed by atoms with Crippen LogP contribution in [0.25, 0.3) is 0 Å². The van der Waals surface area contributed by atoms with Gasteiger partial charge in [0.2, 0.25) is 0 Å². The lowest BCUT2D eigenvalue weighted by Crippen LogP contribution is -2.52. The normalized spacial score (nSPS) is 18.0. The molecule has 2 heterocycles. The molecule has 0 aliphatic carbocycles. The Labute approximate surface area is 164 Å². The van der Waals surface area contributed by atoms with E-state index in [-0.39, 0.29) is 10.7 Å². The average molecular weight is 409 g/mol. The highest BCUT2D eigenvalue weighted by molar-refractivity contribution is 8.24. The van der Waals surface area contributed by atoms with E-state index in [0.29, 0.717) is 5.03 Å². The Bertz CT molecular complexity index is 823. The van der Waals surface area contributed by atoms with Gasteiger partial charge in [-0.25, -0.2) is 0 Å². The van der Waals surface area contributed by atoms with Crippen molar-refractivity contribution in [2.75, 3.05) is 14.1 Å². The van der Waals surface area contributed by atoms with Crippen LogP contribution in [0.15, 0.2) is 67.1 Å². The SMILES string of the molecule is CN1C(=O)C(=CC(Cl)=CC=C2Sc3ccccc3S2)C(=O)N(C)C1=S. The Kier molecular flexibility index (Phi) is 5.38. The van der Waals surface area contributed by atoms with Crippen molar-refractivity contribution in [3.63, 3.8) is 0 Å². The zero-order chi connectivity index (χ0) is 18.1. The molecule has 0 unspecified atom stereocenters. The Morgan fingerprint density at radius 2 is 1.60 bits per heavy atom. The maximum absolute atomic E-state index is 12.2. The van der Waals surface area contributed by atoms with E-state index in [1.807, 2.05) is 18.2 Å². The highest BCUT2D eigenvalue weighted by Crippen LogP contribution is 2.50. The smallest absolute Gasteiger partial charge is 0.265 e. The summed E-state index contributed by atoms with van der Waals surface area (Å²) in [6.45, 7) is 0. The number of thioether (sulfide) groups is 2. The number of carbonyl (C=O) groups excluding carboxylic acids is 2. The number of amides is 2. The molecule has 1 fully saturated rings. The standard InChI is InChI=1S/C17H13ClN2O2S3/c1-19-15(21)11(16(22)20(2)17(19)23)9-10(18)7-8-14-24-12-5-3-4-6-13(12)25-14/h3-9H,1-2H3. The van der Waals surface area contributed by atoms with E-state index in [0.717, 1.165) is 4.24 Å². The summed E-state index contributed by atoms with van der Waals surface area (Å²) in [5.74, 6) is -0.909. The number of carbonyl (C=O) groups is 2. The summed E-state index contributed by atoms with van der Waals surface area (Å²) in [6.07, 6.45) is 4.95. The summed E-state index contributed by atoms with van der Waals surface area (Å²) in [5, 5.41) is 0.474. The minimum atomic E-state index is -0.454. The van der Waals surface area contributed by atoms with Gasteiger partial charge in [-0.05, 0) is 42.6 Å². The van der Waals surface area contributed by atoms with Crippen LogP contribution in [0.3, 0.4) is 0 Å². The number of allylic oxidation sites excluding steroid dienone is 4. The van der Waals surface area contributed by atoms with Crippen molar-refractivity contribution in [3.05, 3.63) is 57.3 Å². The molecule has 4 nitrogen and oxygen atoms in total. The Morgan fingerprint density at radius 3 is 2.12 bits per heavy atom. The van der Waals surface area contributed by atoms with Crippen LogP contribution in [0.5, 0.6) is 0 Å². The summed E-state index contributed by atoms with van der Waals surface area (Å²) in [4.78, 5) is 29.4. The molecule has 128 valence electrons. The van der Waals surface area contributed by atoms with Crippen LogP contribution in [-0.4, -0.2) is 40.8 Å². The fourth-order valence-corrected chi connectivity index (χ4v) is 4.86. The molecule has 3 rings (SSSR count). The topological polar surface area (TPSA) is 40.6 Å². The first-order valence-corrected chi connectivity index (χ1v) is 9.64.